The molecular formula is C80H150N2O7P+. The lowest BCUT2D eigenvalue weighted by atomic mass is 10.0. The molecule has 3 unspecified atom stereocenters. The number of ether oxygens (including phenoxy) is 1. The molecule has 10 heteroatoms. The Morgan fingerprint density at radius 3 is 1.03 bits per heavy atom. The summed E-state index contributed by atoms with van der Waals surface area (Å²) in [5.74, 6) is -0.491. The fraction of sp³-hybridized carbons (Fsp3) is 0.825. The van der Waals surface area contributed by atoms with E-state index in [9.17, 15) is 19.0 Å². The summed E-state index contributed by atoms with van der Waals surface area (Å²) in [6.07, 6.45) is 92.1. The van der Waals surface area contributed by atoms with Crippen LogP contribution in [0.25, 0.3) is 0 Å². The Morgan fingerprint density at radius 1 is 0.389 bits per heavy atom. The summed E-state index contributed by atoms with van der Waals surface area (Å²) in [5, 5.41) is 3.08. The van der Waals surface area contributed by atoms with E-state index >= 15 is 0 Å². The maximum atomic E-state index is 13.7. The third-order valence-electron chi connectivity index (χ3n) is 17.4. The van der Waals surface area contributed by atoms with Crippen molar-refractivity contribution in [3.63, 3.8) is 0 Å². The summed E-state index contributed by atoms with van der Waals surface area (Å²) in [5.41, 5.74) is 0. The molecule has 0 saturated carbocycles. The number of carbonyl (C=O) groups excluding carboxylic acids is 2. The fourth-order valence-corrected chi connectivity index (χ4v) is 12.1. The topological polar surface area (TPSA) is 111 Å². The Kier molecular flexibility index (Phi) is 67.3. The number of likely N-dealkylation sites (N-methyl/N-ethyl adjacent to an activating group) is 1. The molecule has 0 fully saturated rings. The van der Waals surface area contributed by atoms with E-state index in [1.807, 2.05) is 33.3 Å². The summed E-state index contributed by atoms with van der Waals surface area (Å²) in [6.45, 7) is 7.01. The number of allylic oxidation sites excluding steroid dienone is 11. The highest BCUT2D eigenvalue weighted by molar-refractivity contribution is 7.47. The van der Waals surface area contributed by atoms with Crippen molar-refractivity contribution < 1.29 is 37.3 Å². The minimum absolute atomic E-state index is 0.0402. The highest BCUT2D eigenvalue weighted by Crippen LogP contribution is 2.43. The number of unbranched alkanes of at least 4 members (excludes halogenated alkanes) is 45. The van der Waals surface area contributed by atoms with E-state index in [0.29, 0.717) is 23.9 Å². The van der Waals surface area contributed by atoms with Crippen molar-refractivity contribution in [1.29, 1.82) is 0 Å². The van der Waals surface area contributed by atoms with Gasteiger partial charge in [-0.15, -0.1) is 0 Å². The van der Waals surface area contributed by atoms with Gasteiger partial charge < -0.3 is 19.4 Å². The number of phosphoric acid groups is 1. The molecular weight excluding hydrogens is 1130 g/mol. The number of phosphoric ester groups is 1. The third kappa shape index (κ3) is 69.8. The molecule has 2 N–H and O–H groups in total. The number of esters is 1. The number of hydrogen-bond donors (Lipinski definition) is 2. The highest BCUT2D eigenvalue weighted by atomic mass is 31.2. The Hall–Kier alpha value is -2.55. The first-order valence-electron chi connectivity index (χ1n) is 38.8. The van der Waals surface area contributed by atoms with Gasteiger partial charge in [-0.2, -0.15) is 0 Å². The van der Waals surface area contributed by atoms with E-state index < -0.39 is 20.0 Å². The first-order valence-corrected chi connectivity index (χ1v) is 40.3. The van der Waals surface area contributed by atoms with E-state index in [2.05, 4.69) is 86.8 Å². The Labute approximate surface area is 559 Å². The standard InChI is InChI=1S/C80H149N2O7P/c1-7-10-13-16-19-22-25-28-30-32-34-36-38-40-41-43-44-46-48-50-52-54-57-60-63-66-69-72-79(83)81-77(76-88-90(85,86)87-75-74-82(4,5)6)78(71-68-65-62-59-56-27-24-21-18-15-12-9-3)89-80(84)73-70-67-64-61-58-55-53-51-49-47-45-42-39-37-35-33-31-29-26-23-20-17-14-11-8-2/h19-20,22-23,28-31,34,36,68,71,77-78H,7-18,21,24-27,32-33,35,37-67,69-70,72-76H2,1-6H3,(H-,81,83,85,86)/p+1/b22-19-,23-20-,30-28-,31-29-,36-34-,71-68+. The van der Waals surface area contributed by atoms with Gasteiger partial charge in [-0.25, -0.2) is 4.57 Å². The molecule has 1 amide bonds. The molecule has 0 rings (SSSR count). The van der Waals surface area contributed by atoms with Crippen molar-refractivity contribution in [3.8, 4) is 0 Å². The maximum absolute atomic E-state index is 13.7. The molecule has 0 spiro atoms. The van der Waals surface area contributed by atoms with Crippen molar-refractivity contribution in [3.05, 3.63) is 72.9 Å². The number of quaternary nitrogens is 1. The van der Waals surface area contributed by atoms with Crippen molar-refractivity contribution >= 4 is 19.7 Å². The Balaban J connectivity index is 4.94. The summed E-state index contributed by atoms with van der Waals surface area (Å²) in [7, 11) is 1.51. The number of amides is 1. The van der Waals surface area contributed by atoms with Gasteiger partial charge in [0.15, 0.2) is 0 Å². The molecule has 0 aromatic carbocycles. The SMILES string of the molecule is CCCCC/C=C\C/C=C\C/C=C\CCCCCCCCCCCCCCCCC(=O)NC(COP(=O)(O)OCC[N+](C)(C)C)C(/C=C/CCCCCCCCCCCC)OC(=O)CCCCCCCCCCCCCCCCC/C=C\C/C=C\CCCCC. The van der Waals surface area contributed by atoms with Crippen molar-refractivity contribution in [2.24, 2.45) is 0 Å². The van der Waals surface area contributed by atoms with Crippen LogP contribution >= 0.6 is 7.82 Å². The summed E-state index contributed by atoms with van der Waals surface area (Å²) < 4.78 is 30.9. The maximum Gasteiger partial charge on any atom is 0.472 e. The predicted molar refractivity (Wildman–Crippen MR) is 392 cm³/mol. The molecule has 90 heavy (non-hydrogen) atoms. The number of nitrogens with zero attached hydrogens (tertiary/aromatic N) is 1. The molecule has 0 heterocycles. The molecule has 0 aliphatic heterocycles. The molecule has 526 valence electrons. The van der Waals surface area contributed by atoms with Crippen LogP contribution in [0, 0.1) is 0 Å². The van der Waals surface area contributed by atoms with E-state index in [-0.39, 0.29) is 25.1 Å². The molecule has 0 aliphatic rings. The largest absolute Gasteiger partial charge is 0.472 e. The summed E-state index contributed by atoms with van der Waals surface area (Å²) in [4.78, 5) is 38.0. The van der Waals surface area contributed by atoms with E-state index in [1.165, 1.54) is 263 Å². The van der Waals surface area contributed by atoms with Crippen LogP contribution in [-0.2, 0) is 27.9 Å². The molecule has 0 aromatic rings. The minimum Gasteiger partial charge on any atom is -0.456 e. The normalized spacial score (nSPS) is 13.8. The summed E-state index contributed by atoms with van der Waals surface area (Å²) >= 11 is 0. The van der Waals surface area contributed by atoms with Crippen LogP contribution in [0.5, 0.6) is 0 Å². The zero-order valence-corrected chi connectivity index (χ0v) is 61.3. The molecule has 0 aromatic heterocycles. The fourth-order valence-electron chi connectivity index (χ4n) is 11.4. The zero-order chi connectivity index (χ0) is 65.6. The minimum atomic E-state index is -4.46. The lowest BCUT2D eigenvalue weighted by Gasteiger charge is -2.27. The number of rotatable bonds is 71. The molecule has 0 bridgehead atoms. The third-order valence-corrected chi connectivity index (χ3v) is 18.4. The van der Waals surface area contributed by atoms with Crippen LogP contribution in [0.3, 0.4) is 0 Å². The van der Waals surface area contributed by atoms with Gasteiger partial charge in [-0.05, 0) is 102 Å². The van der Waals surface area contributed by atoms with Gasteiger partial charge in [-0.1, -0.05) is 332 Å². The van der Waals surface area contributed by atoms with Gasteiger partial charge in [0.25, 0.3) is 0 Å². The van der Waals surface area contributed by atoms with Crippen LogP contribution < -0.4 is 5.32 Å². The van der Waals surface area contributed by atoms with Gasteiger partial charge in [0.05, 0.1) is 33.8 Å². The predicted octanol–water partition coefficient (Wildman–Crippen LogP) is 25.1. The Bertz CT molecular complexity index is 1770. The van der Waals surface area contributed by atoms with Gasteiger partial charge in [0.2, 0.25) is 5.91 Å². The Morgan fingerprint density at radius 2 is 0.678 bits per heavy atom. The molecule has 3 atom stereocenters. The number of nitrogens with one attached hydrogen (secondary N) is 1. The van der Waals surface area contributed by atoms with E-state index in [1.54, 1.807) is 0 Å². The van der Waals surface area contributed by atoms with Gasteiger partial charge in [-0.3, -0.25) is 18.6 Å². The van der Waals surface area contributed by atoms with Crippen LogP contribution in [0.1, 0.15) is 374 Å². The number of hydrogen-bond acceptors (Lipinski definition) is 6. The van der Waals surface area contributed by atoms with Crippen LogP contribution in [-0.4, -0.2) is 74.3 Å². The monoisotopic (exact) mass is 1280 g/mol. The lowest BCUT2D eigenvalue weighted by Crippen LogP contribution is -2.47. The second kappa shape index (κ2) is 69.3. The average molecular weight is 1280 g/mol. The molecule has 9 nitrogen and oxygen atoms in total. The van der Waals surface area contributed by atoms with Crippen LogP contribution in [0.4, 0.5) is 0 Å². The second-order valence-electron chi connectivity index (χ2n) is 27.5. The first-order chi connectivity index (χ1) is 43.9. The van der Waals surface area contributed by atoms with E-state index in [4.69, 9.17) is 13.8 Å². The molecule has 0 aliphatic carbocycles. The van der Waals surface area contributed by atoms with E-state index in [0.717, 1.165) is 77.0 Å². The molecule has 0 saturated heterocycles. The van der Waals surface area contributed by atoms with Crippen LogP contribution in [0.15, 0.2) is 72.9 Å². The first kappa shape index (κ1) is 87.5. The van der Waals surface area contributed by atoms with Crippen LogP contribution in [0.2, 0.25) is 0 Å². The smallest absolute Gasteiger partial charge is 0.456 e. The van der Waals surface area contributed by atoms with Gasteiger partial charge in [0.1, 0.15) is 19.3 Å². The quantitative estimate of drug-likeness (QED) is 0.0205. The number of carbonyl (C=O) groups is 2. The molecule has 0 radical (unpaired) electrons. The zero-order valence-electron chi connectivity index (χ0n) is 60.4. The van der Waals surface area contributed by atoms with Crippen molar-refractivity contribution in [2.75, 3.05) is 40.9 Å². The summed E-state index contributed by atoms with van der Waals surface area (Å²) in [6, 6.07) is -0.851. The van der Waals surface area contributed by atoms with Crippen molar-refractivity contribution in [1.82, 2.24) is 5.32 Å². The highest BCUT2D eigenvalue weighted by Gasteiger charge is 2.30. The van der Waals surface area contributed by atoms with Gasteiger partial charge >= 0.3 is 13.8 Å². The van der Waals surface area contributed by atoms with Gasteiger partial charge in [0, 0.05) is 12.8 Å². The lowest BCUT2D eigenvalue weighted by molar-refractivity contribution is -0.870. The van der Waals surface area contributed by atoms with Crippen molar-refractivity contribution in [2.45, 2.75) is 386 Å². The second-order valence-corrected chi connectivity index (χ2v) is 29.0. The average Bonchev–Trinajstić information content (AvgIpc) is 3.04.